The molecule has 0 saturated carbocycles. The molecule has 2 rings (SSSR count). The van der Waals surface area contributed by atoms with E-state index in [0.717, 1.165) is 11.1 Å². The number of aryl methyl sites for hydroxylation is 1. The van der Waals surface area contributed by atoms with E-state index in [4.69, 9.17) is 10.8 Å². The zero-order valence-electron chi connectivity index (χ0n) is 11.5. The summed E-state index contributed by atoms with van der Waals surface area (Å²) in [5, 5.41) is 9.00. The van der Waals surface area contributed by atoms with Gasteiger partial charge in [0.15, 0.2) is 0 Å². The normalized spacial score (nSPS) is 17.5. The van der Waals surface area contributed by atoms with Gasteiger partial charge in [0.05, 0.1) is 4.90 Å². The number of hydrogen-bond acceptors (Lipinski definition) is 4. The van der Waals surface area contributed by atoms with Crippen molar-refractivity contribution in [3.8, 4) is 0 Å². The van der Waals surface area contributed by atoms with Crippen LogP contribution in [0.3, 0.4) is 0 Å². The molecule has 1 fully saturated rings. The van der Waals surface area contributed by atoms with Gasteiger partial charge in [-0.1, -0.05) is 0 Å². The predicted octanol–water partition coefficient (Wildman–Crippen LogP) is 0.807. The highest BCUT2D eigenvalue weighted by Crippen LogP contribution is 2.33. The predicted molar refractivity (Wildman–Crippen MR) is 74.4 cm³/mol. The van der Waals surface area contributed by atoms with Gasteiger partial charge in [0.2, 0.25) is 10.0 Å². The molecule has 0 bridgehead atoms. The molecule has 0 unspecified atom stereocenters. The maximum Gasteiger partial charge on any atom is 0.243 e. The topological polar surface area (TPSA) is 83.6 Å². The van der Waals surface area contributed by atoms with E-state index in [1.807, 2.05) is 6.92 Å². The smallest absolute Gasteiger partial charge is 0.243 e. The molecule has 1 aliphatic heterocycles. The second-order valence-electron chi connectivity index (χ2n) is 5.23. The molecule has 0 spiro atoms. The van der Waals surface area contributed by atoms with Gasteiger partial charge in [-0.15, -0.1) is 0 Å². The van der Waals surface area contributed by atoms with Gasteiger partial charge in [0.25, 0.3) is 0 Å². The van der Waals surface area contributed by atoms with Crippen molar-refractivity contribution in [1.29, 1.82) is 0 Å². The molecule has 19 heavy (non-hydrogen) atoms. The molecule has 0 radical (unpaired) electrons. The molecule has 1 aliphatic rings. The summed E-state index contributed by atoms with van der Waals surface area (Å²) in [6.45, 7) is 6.18. The minimum Gasteiger partial charge on any atom is -0.398 e. The third-order valence-electron chi connectivity index (χ3n) is 3.86. The molecule has 6 heteroatoms. The van der Waals surface area contributed by atoms with E-state index in [9.17, 15) is 8.42 Å². The number of rotatable bonds is 3. The van der Waals surface area contributed by atoms with E-state index in [-0.39, 0.29) is 12.5 Å². The van der Waals surface area contributed by atoms with E-state index in [2.05, 4.69) is 0 Å². The Morgan fingerprint density at radius 1 is 1.32 bits per heavy atom. The van der Waals surface area contributed by atoms with Crippen molar-refractivity contribution >= 4 is 15.7 Å². The van der Waals surface area contributed by atoms with Gasteiger partial charge in [0, 0.05) is 31.3 Å². The van der Waals surface area contributed by atoms with E-state index < -0.39 is 10.0 Å². The maximum atomic E-state index is 12.6. The zero-order valence-corrected chi connectivity index (χ0v) is 12.3. The lowest BCUT2D eigenvalue weighted by molar-refractivity contribution is 0.117. The number of aliphatic hydroxyl groups is 1. The van der Waals surface area contributed by atoms with Crippen molar-refractivity contribution in [2.24, 2.45) is 5.92 Å². The maximum absolute atomic E-state index is 12.6. The molecule has 1 aromatic rings. The Balaban J connectivity index is 2.47. The van der Waals surface area contributed by atoms with E-state index in [1.165, 1.54) is 4.31 Å². The largest absolute Gasteiger partial charge is 0.398 e. The van der Waals surface area contributed by atoms with Crippen LogP contribution in [-0.2, 0) is 10.0 Å². The number of sulfonamides is 1. The minimum atomic E-state index is -3.51. The highest BCUT2D eigenvalue weighted by Gasteiger charge is 2.38. The van der Waals surface area contributed by atoms with Gasteiger partial charge in [-0.05, 0) is 43.5 Å². The van der Waals surface area contributed by atoms with Gasteiger partial charge in [-0.2, -0.15) is 4.31 Å². The number of nitrogen functional groups attached to an aromatic ring is 1. The molecule has 0 aromatic heterocycles. The van der Waals surface area contributed by atoms with Gasteiger partial charge in [-0.25, -0.2) is 8.42 Å². The Hall–Kier alpha value is -1.11. The molecule has 106 valence electrons. The molecule has 0 amide bonds. The summed E-state index contributed by atoms with van der Waals surface area (Å²) in [5.74, 6) is 0.0533. The van der Waals surface area contributed by atoms with Crippen LogP contribution in [0.25, 0.3) is 0 Å². The van der Waals surface area contributed by atoms with Crippen LogP contribution >= 0.6 is 0 Å². The fraction of sp³-hybridized carbons (Fsp3) is 0.538. The van der Waals surface area contributed by atoms with Crippen LogP contribution in [0.4, 0.5) is 5.69 Å². The number of benzene rings is 1. The Morgan fingerprint density at radius 3 is 2.42 bits per heavy atom. The van der Waals surface area contributed by atoms with Crippen LogP contribution in [0, 0.1) is 26.7 Å². The number of hydrogen-bond donors (Lipinski definition) is 2. The Kier molecular flexibility index (Phi) is 3.59. The molecule has 0 aliphatic carbocycles. The quantitative estimate of drug-likeness (QED) is 0.804. The second-order valence-corrected chi connectivity index (χ2v) is 7.11. The van der Waals surface area contributed by atoms with Crippen molar-refractivity contribution in [3.63, 3.8) is 0 Å². The molecule has 1 aromatic carbocycles. The fourth-order valence-corrected chi connectivity index (χ4v) is 4.52. The van der Waals surface area contributed by atoms with Gasteiger partial charge in [0.1, 0.15) is 0 Å². The molecular weight excluding hydrogens is 264 g/mol. The summed E-state index contributed by atoms with van der Waals surface area (Å²) in [7, 11) is -3.51. The number of aliphatic hydroxyl groups excluding tert-OH is 1. The molecule has 1 saturated heterocycles. The van der Waals surface area contributed by atoms with Crippen molar-refractivity contribution in [2.75, 3.05) is 25.4 Å². The molecule has 1 heterocycles. The van der Waals surface area contributed by atoms with Gasteiger partial charge in [-0.3, -0.25) is 0 Å². The fourth-order valence-electron chi connectivity index (χ4n) is 2.39. The first-order chi connectivity index (χ1) is 8.78. The van der Waals surface area contributed by atoms with Crippen LogP contribution in [0.1, 0.15) is 16.7 Å². The number of nitrogens with zero attached hydrogens (tertiary/aromatic N) is 1. The Bertz CT molecular complexity index is 579. The van der Waals surface area contributed by atoms with Crippen LogP contribution in [0.15, 0.2) is 11.0 Å². The lowest BCUT2D eigenvalue weighted by Crippen LogP contribution is -2.51. The van der Waals surface area contributed by atoms with Crippen LogP contribution < -0.4 is 5.73 Å². The number of nitrogens with two attached hydrogens (primary N) is 1. The average Bonchev–Trinajstić information content (AvgIpc) is 2.24. The summed E-state index contributed by atoms with van der Waals surface area (Å²) in [5.41, 5.74) is 8.61. The standard InChI is InChI=1S/C13H20N2O3S/c1-8-4-12(14)10(3)13(9(8)2)19(17,18)15-5-11(6-15)7-16/h4,11,16H,5-7,14H2,1-3H3. The van der Waals surface area contributed by atoms with Gasteiger partial charge < -0.3 is 10.8 Å². The minimum absolute atomic E-state index is 0.0277. The van der Waals surface area contributed by atoms with Crippen LogP contribution in [-0.4, -0.2) is 37.5 Å². The monoisotopic (exact) mass is 284 g/mol. The van der Waals surface area contributed by atoms with Crippen molar-refractivity contribution in [3.05, 3.63) is 22.8 Å². The van der Waals surface area contributed by atoms with Gasteiger partial charge >= 0.3 is 0 Å². The third kappa shape index (κ3) is 2.24. The summed E-state index contributed by atoms with van der Waals surface area (Å²) >= 11 is 0. The third-order valence-corrected chi connectivity index (χ3v) is 5.96. The molecule has 0 atom stereocenters. The molecular formula is C13H20N2O3S. The summed E-state index contributed by atoms with van der Waals surface area (Å²) in [6.07, 6.45) is 0. The molecule has 5 nitrogen and oxygen atoms in total. The van der Waals surface area contributed by atoms with Crippen molar-refractivity contribution < 1.29 is 13.5 Å². The lowest BCUT2D eigenvalue weighted by Gasteiger charge is -2.37. The highest BCUT2D eigenvalue weighted by molar-refractivity contribution is 7.89. The van der Waals surface area contributed by atoms with E-state index >= 15 is 0 Å². The Morgan fingerprint density at radius 2 is 1.89 bits per heavy atom. The van der Waals surface area contributed by atoms with E-state index in [0.29, 0.717) is 29.2 Å². The number of anilines is 1. The van der Waals surface area contributed by atoms with Crippen LogP contribution in [0.5, 0.6) is 0 Å². The summed E-state index contributed by atoms with van der Waals surface area (Å²) in [4.78, 5) is 0.321. The summed E-state index contributed by atoms with van der Waals surface area (Å²) in [6, 6.07) is 1.80. The SMILES string of the molecule is Cc1cc(N)c(C)c(S(=O)(=O)N2CC(CO)C2)c1C. The first-order valence-electron chi connectivity index (χ1n) is 6.26. The Labute approximate surface area is 114 Å². The van der Waals surface area contributed by atoms with Crippen molar-refractivity contribution in [2.45, 2.75) is 25.7 Å². The lowest BCUT2D eigenvalue weighted by atomic mass is 10.1. The van der Waals surface area contributed by atoms with Crippen LogP contribution in [0.2, 0.25) is 0 Å². The molecule has 3 N–H and O–H groups in total. The highest BCUT2D eigenvalue weighted by atomic mass is 32.2. The zero-order chi connectivity index (χ0) is 14.4. The average molecular weight is 284 g/mol. The van der Waals surface area contributed by atoms with E-state index in [1.54, 1.807) is 19.9 Å². The second kappa shape index (κ2) is 4.77. The van der Waals surface area contributed by atoms with Crippen molar-refractivity contribution in [1.82, 2.24) is 4.31 Å². The summed E-state index contributed by atoms with van der Waals surface area (Å²) < 4.78 is 26.6. The first-order valence-corrected chi connectivity index (χ1v) is 7.70. The first kappa shape index (κ1) is 14.3.